The lowest BCUT2D eigenvalue weighted by Crippen LogP contribution is -2.28. The highest BCUT2D eigenvalue weighted by Crippen LogP contribution is 2.28. The van der Waals surface area contributed by atoms with E-state index in [1.165, 1.54) is 12.8 Å². The summed E-state index contributed by atoms with van der Waals surface area (Å²) in [4.78, 5) is 17.1. The molecule has 0 atom stereocenters. The van der Waals surface area contributed by atoms with Crippen molar-refractivity contribution in [2.75, 3.05) is 18.4 Å². The fourth-order valence-corrected chi connectivity index (χ4v) is 3.80. The highest BCUT2D eigenvalue weighted by molar-refractivity contribution is 6.36. The van der Waals surface area contributed by atoms with Gasteiger partial charge in [0.1, 0.15) is 0 Å². The van der Waals surface area contributed by atoms with Gasteiger partial charge in [0.15, 0.2) is 0 Å². The van der Waals surface area contributed by atoms with E-state index in [1.807, 2.05) is 0 Å². The number of amides is 1. The number of nitrogens with zero attached hydrogens (tertiary/aromatic N) is 1. The van der Waals surface area contributed by atoms with Crippen molar-refractivity contribution in [3.63, 3.8) is 0 Å². The second-order valence-electron chi connectivity index (χ2n) is 6.74. The van der Waals surface area contributed by atoms with Crippen LogP contribution in [0.15, 0.2) is 37.0 Å². The zero-order chi connectivity index (χ0) is 19.2. The first-order valence-corrected chi connectivity index (χ1v) is 9.91. The summed E-state index contributed by atoms with van der Waals surface area (Å²) in [6.45, 7) is 6.02. The Hall–Kier alpha value is -1.88. The Labute approximate surface area is 170 Å². The Balaban J connectivity index is 1.73. The van der Waals surface area contributed by atoms with Gasteiger partial charge in [-0.25, -0.2) is 0 Å². The molecule has 4 nitrogen and oxygen atoms in total. The average Bonchev–Trinajstić information content (AvgIpc) is 2.69. The molecule has 2 aromatic rings. The summed E-state index contributed by atoms with van der Waals surface area (Å²) in [7, 11) is 0. The monoisotopic (exact) mass is 403 g/mol. The fourth-order valence-electron chi connectivity index (χ4n) is 3.35. The Morgan fingerprint density at radius 2 is 1.96 bits per heavy atom. The number of carbonyl (C=O) groups excluding carboxylic acids is 1. The molecule has 2 heterocycles. The molecule has 1 fully saturated rings. The molecule has 142 valence electrons. The van der Waals surface area contributed by atoms with Crippen LogP contribution in [0.5, 0.6) is 0 Å². The molecule has 2 N–H and O–H groups in total. The van der Waals surface area contributed by atoms with Crippen LogP contribution in [0.2, 0.25) is 10.0 Å². The van der Waals surface area contributed by atoms with Gasteiger partial charge in [0.05, 0.1) is 10.6 Å². The summed E-state index contributed by atoms with van der Waals surface area (Å²) < 4.78 is 0. The van der Waals surface area contributed by atoms with Gasteiger partial charge < -0.3 is 10.6 Å². The van der Waals surface area contributed by atoms with Crippen LogP contribution in [0.25, 0.3) is 6.08 Å². The first-order chi connectivity index (χ1) is 13.1. The van der Waals surface area contributed by atoms with Gasteiger partial charge in [0, 0.05) is 28.2 Å². The standard InChI is InChI=1S/C21H23Cl2N3O/c1-2-17-19(8-3-14-9-11-24-12-10-14)25-13-18(20(17)23)21(27)26-16-6-4-15(22)5-7-16/h2,4-7,13-14,24H,1,3,8-12H2,(H,26,27). The highest BCUT2D eigenvalue weighted by atomic mass is 35.5. The molecule has 0 radical (unpaired) electrons. The number of halogens is 2. The van der Waals surface area contributed by atoms with Crippen molar-refractivity contribution >= 4 is 40.9 Å². The molecule has 27 heavy (non-hydrogen) atoms. The number of pyridine rings is 1. The van der Waals surface area contributed by atoms with Gasteiger partial charge in [-0.3, -0.25) is 9.78 Å². The molecule has 6 heteroatoms. The number of hydrogen-bond donors (Lipinski definition) is 2. The summed E-state index contributed by atoms with van der Waals surface area (Å²) in [5.41, 5.74) is 2.63. The van der Waals surface area contributed by atoms with Gasteiger partial charge in [-0.1, -0.05) is 35.9 Å². The number of hydrogen-bond acceptors (Lipinski definition) is 3. The van der Waals surface area contributed by atoms with Gasteiger partial charge >= 0.3 is 0 Å². The molecule has 0 spiro atoms. The maximum Gasteiger partial charge on any atom is 0.258 e. The average molecular weight is 404 g/mol. The molecule has 0 aliphatic carbocycles. The van der Waals surface area contributed by atoms with Gasteiger partial charge in [0.2, 0.25) is 0 Å². The van der Waals surface area contributed by atoms with Crippen LogP contribution < -0.4 is 10.6 Å². The van der Waals surface area contributed by atoms with Crippen LogP contribution in [0.1, 0.15) is 40.9 Å². The fraction of sp³-hybridized carbons (Fsp3) is 0.333. The summed E-state index contributed by atoms with van der Waals surface area (Å²) in [6, 6.07) is 6.92. The summed E-state index contributed by atoms with van der Waals surface area (Å²) >= 11 is 12.4. The van der Waals surface area contributed by atoms with E-state index in [0.717, 1.165) is 37.2 Å². The Morgan fingerprint density at radius 1 is 1.26 bits per heavy atom. The van der Waals surface area contributed by atoms with E-state index in [2.05, 4.69) is 22.2 Å². The summed E-state index contributed by atoms with van der Waals surface area (Å²) in [6.07, 6.45) is 7.54. The molecule has 1 aliphatic heterocycles. The largest absolute Gasteiger partial charge is 0.322 e. The third kappa shape index (κ3) is 5.10. The van der Waals surface area contributed by atoms with Gasteiger partial charge in [-0.05, 0) is 69.0 Å². The lowest BCUT2D eigenvalue weighted by Gasteiger charge is -2.22. The molecule has 0 bridgehead atoms. The molecule has 1 aliphatic rings. The van der Waals surface area contributed by atoms with E-state index in [1.54, 1.807) is 36.5 Å². The SMILES string of the molecule is C=Cc1c(CCC2CCNCC2)ncc(C(=O)Nc2ccc(Cl)cc2)c1Cl. The van der Waals surface area contributed by atoms with E-state index < -0.39 is 0 Å². The number of piperidine rings is 1. The molecule has 3 rings (SSSR count). The van der Waals surface area contributed by atoms with Gasteiger partial charge in [-0.2, -0.15) is 0 Å². The molecular weight excluding hydrogens is 381 g/mol. The van der Waals surface area contributed by atoms with E-state index in [0.29, 0.717) is 27.2 Å². The van der Waals surface area contributed by atoms with Crippen molar-refractivity contribution < 1.29 is 4.79 Å². The second-order valence-corrected chi connectivity index (χ2v) is 7.56. The highest BCUT2D eigenvalue weighted by Gasteiger charge is 2.19. The van der Waals surface area contributed by atoms with E-state index in [4.69, 9.17) is 23.2 Å². The first-order valence-electron chi connectivity index (χ1n) is 9.16. The molecule has 1 aromatic carbocycles. The van der Waals surface area contributed by atoms with Crippen LogP contribution >= 0.6 is 23.2 Å². The Morgan fingerprint density at radius 3 is 2.63 bits per heavy atom. The minimum absolute atomic E-state index is 0.303. The van der Waals surface area contributed by atoms with Gasteiger partial charge in [0.25, 0.3) is 5.91 Å². The quantitative estimate of drug-likeness (QED) is 0.695. The molecule has 1 aromatic heterocycles. The summed E-state index contributed by atoms with van der Waals surface area (Å²) in [5.74, 6) is 0.403. The predicted molar refractivity (Wildman–Crippen MR) is 113 cm³/mol. The molecule has 1 amide bonds. The Kier molecular flexibility index (Phi) is 6.89. The minimum Gasteiger partial charge on any atom is -0.322 e. The van der Waals surface area contributed by atoms with Crippen molar-refractivity contribution in [1.82, 2.24) is 10.3 Å². The van der Waals surface area contributed by atoms with E-state index in [-0.39, 0.29) is 5.91 Å². The summed E-state index contributed by atoms with van der Waals surface area (Å²) in [5, 5.41) is 7.21. The number of nitrogens with one attached hydrogen (secondary N) is 2. The number of benzene rings is 1. The van der Waals surface area contributed by atoms with Crippen LogP contribution in [0.3, 0.4) is 0 Å². The molecule has 0 unspecified atom stereocenters. The Bertz CT molecular complexity index is 815. The van der Waals surface area contributed by atoms with Crippen molar-refractivity contribution in [3.8, 4) is 0 Å². The first kappa shape index (κ1) is 19.9. The predicted octanol–water partition coefficient (Wildman–Crippen LogP) is 5.22. The molecular formula is C21H23Cl2N3O. The third-order valence-corrected chi connectivity index (χ3v) is 5.59. The number of aryl methyl sites for hydroxylation is 1. The van der Waals surface area contributed by atoms with Gasteiger partial charge in [-0.15, -0.1) is 0 Å². The molecule has 1 saturated heterocycles. The lowest BCUT2D eigenvalue weighted by atomic mass is 9.91. The maximum absolute atomic E-state index is 12.6. The number of aromatic nitrogens is 1. The lowest BCUT2D eigenvalue weighted by molar-refractivity contribution is 0.102. The van der Waals surface area contributed by atoms with Crippen LogP contribution in [-0.2, 0) is 6.42 Å². The van der Waals surface area contributed by atoms with Crippen LogP contribution in [0.4, 0.5) is 5.69 Å². The van der Waals surface area contributed by atoms with Crippen LogP contribution in [0, 0.1) is 5.92 Å². The number of carbonyl (C=O) groups is 1. The zero-order valence-corrected chi connectivity index (χ0v) is 16.6. The smallest absolute Gasteiger partial charge is 0.258 e. The van der Waals surface area contributed by atoms with Crippen molar-refractivity contribution in [3.05, 3.63) is 63.9 Å². The normalized spacial score (nSPS) is 14.7. The molecule has 0 saturated carbocycles. The van der Waals surface area contributed by atoms with Crippen molar-refractivity contribution in [2.24, 2.45) is 5.92 Å². The van der Waals surface area contributed by atoms with E-state index in [9.17, 15) is 4.79 Å². The number of rotatable bonds is 6. The van der Waals surface area contributed by atoms with Crippen molar-refractivity contribution in [2.45, 2.75) is 25.7 Å². The number of anilines is 1. The minimum atomic E-state index is -0.303. The third-order valence-electron chi connectivity index (χ3n) is 4.93. The topological polar surface area (TPSA) is 54.0 Å². The van der Waals surface area contributed by atoms with Crippen LogP contribution in [-0.4, -0.2) is 24.0 Å². The zero-order valence-electron chi connectivity index (χ0n) is 15.1. The second kappa shape index (κ2) is 9.36. The van der Waals surface area contributed by atoms with Crippen molar-refractivity contribution in [1.29, 1.82) is 0 Å². The van der Waals surface area contributed by atoms with E-state index >= 15 is 0 Å². The maximum atomic E-state index is 12.6.